The molecule has 0 aliphatic rings. The van der Waals surface area contributed by atoms with Gasteiger partial charge in [-0.3, -0.25) is 4.79 Å². The Morgan fingerprint density at radius 1 is 1.29 bits per heavy atom. The fourth-order valence-corrected chi connectivity index (χ4v) is 2.34. The second kappa shape index (κ2) is 8.53. The van der Waals surface area contributed by atoms with Crippen molar-refractivity contribution in [3.8, 4) is 6.07 Å². The van der Waals surface area contributed by atoms with Crippen LogP contribution in [0.5, 0.6) is 0 Å². The Morgan fingerprint density at radius 3 is 2.62 bits per heavy atom. The average molecular weight is 405 g/mol. The van der Waals surface area contributed by atoms with Gasteiger partial charge < -0.3 is 10.6 Å². The van der Waals surface area contributed by atoms with Gasteiger partial charge in [0.05, 0.1) is 0 Å². The molecular weight excluding hydrogens is 390 g/mol. The van der Waals surface area contributed by atoms with Crippen LogP contribution in [0, 0.1) is 18.3 Å². The molecule has 4 nitrogen and oxygen atoms in total. The van der Waals surface area contributed by atoms with E-state index in [0.717, 1.165) is 15.6 Å². The molecule has 1 amide bonds. The molecule has 0 atom stereocenters. The fraction of sp³-hybridized carbons (Fsp3) is 0.111. The van der Waals surface area contributed by atoms with Crippen molar-refractivity contribution in [3.63, 3.8) is 0 Å². The normalized spacial score (nSPS) is 10.8. The summed E-state index contributed by atoms with van der Waals surface area (Å²) >= 11 is 9.40. The molecule has 0 fully saturated rings. The van der Waals surface area contributed by atoms with Crippen molar-refractivity contribution in [2.75, 3.05) is 5.32 Å². The molecule has 0 aromatic heterocycles. The lowest BCUT2D eigenvalue weighted by Gasteiger charge is -2.07. The number of benzene rings is 2. The minimum Gasteiger partial charge on any atom is -0.386 e. The van der Waals surface area contributed by atoms with Crippen LogP contribution in [0.3, 0.4) is 0 Å². The second-order valence-corrected chi connectivity index (χ2v) is 6.42. The zero-order valence-corrected chi connectivity index (χ0v) is 15.3. The number of hydrogen-bond acceptors (Lipinski definition) is 3. The molecule has 0 aliphatic heterocycles. The van der Waals surface area contributed by atoms with Gasteiger partial charge in [0.25, 0.3) is 5.91 Å². The van der Waals surface area contributed by atoms with Crippen molar-refractivity contribution in [1.82, 2.24) is 5.32 Å². The monoisotopic (exact) mass is 403 g/mol. The Morgan fingerprint density at radius 2 is 2.00 bits per heavy atom. The van der Waals surface area contributed by atoms with Crippen molar-refractivity contribution in [3.05, 3.63) is 74.9 Å². The summed E-state index contributed by atoms with van der Waals surface area (Å²) in [5.74, 6) is -0.485. The van der Waals surface area contributed by atoms with E-state index < -0.39 is 5.91 Å². The number of rotatable bonds is 5. The van der Waals surface area contributed by atoms with Crippen LogP contribution in [0.1, 0.15) is 11.1 Å². The molecule has 0 aliphatic carbocycles. The number of nitrogens with zero attached hydrogens (tertiary/aromatic N) is 1. The van der Waals surface area contributed by atoms with Crippen LogP contribution in [0.4, 0.5) is 5.69 Å². The summed E-state index contributed by atoms with van der Waals surface area (Å²) in [4.78, 5) is 12.1. The van der Waals surface area contributed by atoms with Gasteiger partial charge in [-0.15, -0.1) is 0 Å². The third kappa shape index (κ3) is 5.12. The van der Waals surface area contributed by atoms with Crippen LogP contribution in [-0.2, 0) is 11.3 Å². The van der Waals surface area contributed by atoms with Gasteiger partial charge in [0, 0.05) is 27.9 Å². The molecule has 2 N–H and O–H groups in total. The largest absolute Gasteiger partial charge is 0.386 e. The molecule has 0 bridgehead atoms. The zero-order valence-electron chi connectivity index (χ0n) is 12.9. The third-order valence-corrected chi connectivity index (χ3v) is 4.20. The molecule has 0 unspecified atom stereocenters. The van der Waals surface area contributed by atoms with Gasteiger partial charge in [-0.1, -0.05) is 45.7 Å². The minimum absolute atomic E-state index is 0.0104. The Hall–Kier alpha value is -2.29. The van der Waals surface area contributed by atoms with E-state index in [1.54, 1.807) is 18.2 Å². The Bertz CT molecular complexity index is 810. The number of nitriles is 1. The summed E-state index contributed by atoms with van der Waals surface area (Å²) in [5.41, 5.74) is 2.49. The van der Waals surface area contributed by atoms with Crippen molar-refractivity contribution < 1.29 is 4.79 Å². The summed E-state index contributed by atoms with van der Waals surface area (Å²) in [7, 11) is 0. The van der Waals surface area contributed by atoms with Gasteiger partial charge in [0.1, 0.15) is 11.6 Å². The maximum atomic E-state index is 12.1. The number of hydrogen-bond donors (Lipinski definition) is 2. The molecule has 0 heterocycles. The lowest BCUT2D eigenvalue weighted by atomic mass is 10.2. The number of anilines is 1. The van der Waals surface area contributed by atoms with Crippen LogP contribution in [0.25, 0.3) is 0 Å². The topological polar surface area (TPSA) is 64.9 Å². The molecule has 2 aromatic carbocycles. The van der Waals surface area contributed by atoms with Gasteiger partial charge in [-0.05, 0) is 42.3 Å². The highest BCUT2D eigenvalue weighted by molar-refractivity contribution is 9.10. The van der Waals surface area contributed by atoms with E-state index in [4.69, 9.17) is 16.9 Å². The molecule has 6 heteroatoms. The predicted molar refractivity (Wildman–Crippen MR) is 99.5 cm³/mol. The van der Waals surface area contributed by atoms with Crippen LogP contribution in [-0.4, -0.2) is 5.91 Å². The second-order valence-electron chi connectivity index (χ2n) is 5.10. The van der Waals surface area contributed by atoms with Crippen molar-refractivity contribution >= 4 is 39.1 Å². The first-order valence-electron chi connectivity index (χ1n) is 7.15. The van der Waals surface area contributed by atoms with Gasteiger partial charge >= 0.3 is 0 Å². The summed E-state index contributed by atoms with van der Waals surface area (Å²) < 4.78 is 0.996. The fourth-order valence-electron chi connectivity index (χ4n) is 1.89. The Labute approximate surface area is 154 Å². The van der Waals surface area contributed by atoms with Gasteiger partial charge in [0.2, 0.25) is 0 Å². The van der Waals surface area contributed by atoms with Crippen molar-refractivity contribution in [2.45, 2.75) is 13.5 Å². The molecule has 122 valence electrons. The number of nitrogens with one attached hydrogen (secondary N) is 2. The molecule has 0 saturated carbocycles. The van der Waals surface area contributed by atoms with Gasteiger partial charge in [-0.2, -0.15) is 5.26 Å². The minimum atomic E-state index is -0.485. The van der Waals surface area contributed by atoms with Crippen LogP contribution < -0.4 is 10.6 Å². The van der Waals surface area contributed by atoms with E-state index in [2.05, 4.69) is 26.6 Å². The highest BCUT2D eigenvalue weighted by Crippen LogP contribution is 2.20. The highest BCUT2D eigenvalue weighted by Gasteiger charge is 2.09. The number of carbonyl (C=O) groups is 1. The number of amides is 1. The predicted octanol–water partition coefficient (Wildman–Crippen LogP) is 4.55. The lowest BCUT2D eigenvalue weighted by molar-refractivity contribution is -0.112. The SMILES string of the molecule is Cc1ccc(NC(=O)/C(C#N)=C\NCc2ccc(Br)cc2)cc1Cl. The standard InChI is InChI=1S/C18H15BrClN3O/c1-12-2-7-16(8-17(12)20)23-18(24)14(9-21)11-22-10-13-3-5-15(19)6-4-13/h2-8,11,22H,10H2,1H3,(H,23,24)/b14-11-. The van der Waals surface area contributed by atoms with E-state index in [1.807, 2.05) is 37.3 Å². The smallest absolute Gasteiger partial charge is 0.267 e. The first-order valence-corrected chi connectivity index (χ1v) is 8.32. The third-order valence-electron chi connectivity index (χ3n) is 3.26. The molecule has 2 aromatic rings. The maximum absolute atomic E-state index is 12.1. The molecule has 0 radical (unpaired) electrons. The van der Waals surface area contributed by atoms with Crippen LogP contribution in [0.15, 0.2) is 58.7 Å². The Kier molecular flexibility index (Phi) is 6.42. The number of halogens is 2. The van der Waals surface area contributed by atoms with Gasteiger partial charge in [-0.25, -0.2) is 0 Å². The summed E-state index contributed by atoms with van der Waals surface area (Å²) in [6.45, 7) is 2.39. The zero-order chi connectivity index (χ0) is 17.5. The van der Waals surface area contributed by atoms with Crippen molar-refractivity contribution in [1.29, 1.82) is 5.26 Å². The summed E-state index contributed by atoms with van der Waals surface area (Å²) in [5, 5.41) is 15.3. The van der Waals surface area contributed by atoms with Crippen LogP contribution >= 0.6 is 27.5 Å². The summed E-state index contributed by atoms with van der Waals surface area (Å²) in [6.07, 6.45) is 1.41. The average Bonchev–Trinajstić information content (AvgIpc) is 2.56. The molecule has 0 saturated heterocycles. The Balaban J connectivity index is 1.98. The van der Waals surface area contributed by atoms with E-state index >= 15 is 0 Å². The van der Waals surface area contributed by atoms with E-state index in [9.17, 15) is 4.79 Å². The first kappa shape index (κ1) is 18.1. The molecule has 24 heavy (non-hydrogen) atoms. The van der Waals surface area contributed by atoms with E-state index in [0.29, 0.717) is 17.3 Å². The van der Waals surface area contributed by atoms with Crippen LogP contribution in [0.2, 0.25) is 5.02 Å². The van der Waals surface area contributed by atoms with Crippen molar-refractivity contribution in [2.24, 2.45) is 0 Å². The van der Waals surface area contributed by atoms with E-state index in [1.165, 1.54) is 6.20 Å². The summed E-state index contributed by atoms with van der Waals surface area (Å²) in [6, 6.07) is 14.8. The number of carbonyl (C=O) groups excluding carboxylic acids is 1. The molecular formula is C18H15BrClN3O. The number of aryl methyl sites for hydroxylation is 1. The lowest BCUT2D eigenvalue weighted by Crippen LogP contribution is -2.16. The first-order chi connectivity index (χ1) is 11.5. The molecule has 0 spiro atoms. The van der Waals surface area contributed by atoms with E-state index in [-0.39, 0.29) is 5.57 Å². The highest BCUT2D eigenvalue weighted by atomic mass is 79.9. The maximum Gasteiger partial charge on any atom is 0.267 e. The van der Waals surface area contributed by atoms with Gasteiger partial charge in [0.15, 0.2) is 0 Å². The molecule has 2 rings (SSSR count). The quantitative estimate of drug-likeness (QED) is 0.568.